The Labute approximate surface area is 268 Å². The van der Waals surface area contributed by atoms with Crippen LogP contribution in [0, 0.1) is 5.41 Å². The number of nitrogens with one attached hydrogen (secondary N) is 2. The number of anilines is 2. The van der Waals surface area contributed by atoms with Gasteiger partial charge in [0.25, 0.3) is 5.91 Å². The molecule has 47 heavy (non-hydrogen) atoms. The lowest BCUT2D eigenvalue weighted by molar-refractivity contribution is -0.139. The van der Waals surface area contributed by atoms with E-state index in [1.54, 1.807) is 13.8 Å². The minimum Gasteiger partial charge on any atom is -0.478 e. The third-order valence-corrected chi connectivity index (χ3v) is 8.14. The van der Waals surface area contributed by atoms with E-state index in [1.807, 2.05) is 27.7 Å². The van der Waals surface area contributed by atoms with E-state index >= 15 is 0 Å². The number of carboxylic acids is 2. The number of carboxylic acid groups (broad SMARTS) is 2. The van der Waals surface area contributed by atoms with Crippen molar-refractivity contribution in [1.29, 1.82) is 0 Å². The fraction of sp³-hybridized carbons (Fsp3) is 0.382. The van der Waals surface area contributed by atoms with Crippen LogP contribution in [0.15, 0.2) is 48.5 Å². The molecular formula is C34H36F6N2O5. The van der Waals surface area contributed by atoms with Gasteiger partial charge in [0, 0.05) is 16.9 Å². The monoisotopic (exact) mass is 666 g/mol. The van der Waals surface area contributed by atoms with Gasteiger partial charge in [0.15, 0.2) is 0 Å². The molecule has 0 radical (unpaired) electrons. The molecule has 0 unspecified atom stereocenters. The van der Waals surface area contributed by atoms with Gasteiger partial charge < -0.3 is 20.8 Å². The summed E-state index contributed by atoms with van der Waals surface area (Å²) in [6.45, 7) is 10.9. The number of amides is 1. The molecule has 0 aliphatic rings. The molecule has 1 amide bonds. The van der Waals surface area contributed by atoms with Crippen molar-refractivity contribution in [3.63, 3.8) is 0 Å². The van der Waals surface area contributed by atoms with Crippen LogP contribution >= 0.6 is 0 Å². The maximum absolute atomic E-state index is 14.3. The van der Waals surface area contributed by atoms with E-state index in [0.717, 1.165) is 36.4 Å². The first-order valence-corrected chi connectivity index (χ1v) is 14.7. The Kier molecular flexibility index (Phi) is 10.4. The van der Waals surface area contributed by atoms with Crippen molar-refractivity contribution < 1.29 is 50.9 Å². The van der Waals surface area contributed by atoms with Gasteiger partial charge in [-0.1, -0.05) is 46.2 Å². The lowest BCUT2D eigenvalue weighted by atomic mass is 9.81. The van der Waals surface area contributed by atoms with E-state index < -0.39 is 80.2 Å². The van der Waals surface area contributed by atoms with Crippen LogP contribution in [-0.2, 0) is 18.8 Å². The zero-order valence-electron chi connectivity index (χ0n) is 26.6. The summed E-state index contributed by atoms with van der Waals surface area (Å²) in [4.78, 5) is 37.3. The normalized spacial score (nSPS) is 12.5. The van der Waals surface area contributed by atoms with E-state index in [-0.39, 0.29) is 23.2 Å². The summed E-state index contributed by atoms with van der Waals surface area (Å²) < 4.78 is 85.6. The van der Waals surface area contributed by atoms with Gasteiger partial charge in [-0.05, 0) is 85.2 Å². The predicted molar refractivity (Wildman–Crippen MR) is 166 cm³/mol. The molecule has 3 aromatic rings. The van der Waals surface area contributed by atoms with Gasteiger partial charge in [0.2, 0.25) is 0 Å². The second kappa shape index (κ2) is 13.3. The lowest BCUT2D eigenvalue weighted by Gasteiger charge is -2.27. The standard InChI is InChI=1S/C34H36F6N2O5/c1-7-31(3,4)17-18-13-24(25(30(46)47)16-23(18)29(44)45)28(43)41-19-9-11-21(26(14-19)33(35,36)37)22-12-10-20(42-32(5,6)8-2)15-27(22)34(38,39)40/h9-16,42H,7-8,17H2,1-6H3,(H,41,43)(H,44,45)(H,46,47). The minimum absolute atomic E-state index is 0.0650. The smallest absolute Gasteiger partial charge is 0.417 e. The third kappa shape index (κ3) is 8.83. The molecule has 0 aromatic heterocycles. The molecule has 0 atom stereocenters. The Morgan fingerprint density at radius 2 is 1.15 bits per heavy atom. The number of aromatic carboxylic acids is 2. The topological polar surface area (TPSA) is 116 Å². The highest BCUT2D eigenvalue weighted by molar-refractivity contribution is 6.12. The first-order chi connectivity index (χ1) is 21.5. The summed E-state index contributed by atoms with van der Waals surface area (Å²) in [5.41, 5.74) is -7.14. The second-order valence-corrected chi connectivity index (χ2v) is 12.7. The van der Waals surface area contributed by atoms with E-state index in [1.165, 1.54) is 6.07 Å². The summed E-state index contributed by atoms with van der Waals surface area (Å²) >= 11 is 0. The SMILES string of the molecule is CCC(C)(C)Cc1cc(C(=O)Nc2ccc(-c3ccc(NC(C)(C)CC)cc3C(F)(F)F)c(C(F)(F)F)c2)c(C(=O)O)cc1C(=O)O. The number of rotatable bonds is 11. The zero-order chi connectivity index (χ0) is 35.7. The second-order valence-electron chi connectivity index (χ2n) is 12.7. The molecule has 254 valence electrons. The van der Waals surface area contributed by atoms with Crippen LogP contribution in [0.3, 0.4) is 0 Å². The van der Waals surface area contributed by atoms with Gasteiger partial charge in [-0.3, -0.25) is 4.79 Å². The molecule has 0 bridgehead atoms. The highest BCUT2D eigenvalue weighted by Gasteiger charge is 2.39. The number of benzene rings is 3. The van der Waals surface area contributed by atoms with Crippen LogP contribution in [0.25, 0.3) is 11.1 Å². The summed E-state index contributed by atoms with van der Waals surface area (Å²) in [6, 6.07) is 7.09. The van der Waals surface area contributed by atoms with Crippen molar-refractivity contribution >= 4 is 29.2 Å². The molecule has 0 spiro atoms. The number of hydrogen-bond donors (Lipinski definition) is 4. The van der Waals surface area contributed by atoms with E-state index in [2.05, 4.69) is 10.6 Å². The number of alkyl halides is 6. The van der Waals surface area contributed by atoms with E-state index in [0.29, 0.717) is 18.9 Å². The molecular weight excluding hydrogens is 630 g/mol. The van der Waals surface area contributed by atoms with Gasteiger partial charge in [0.05, 0.1) is 27.8 Å². The molecule has 7 nitrogen and oxygen atoms in total. The fourth-order valence-electron chi connectivity index (χ4n) is 4.86. The van der Waals surface area contributed by atoms with Crippen LogP contribution in [0.4, 0.5) is 37.7 Å². The Hall–Kier alpha value is -4.55. The summed E-state index contributed by atoms with van der Waals surface area (Å²) in [7, 11) is 0. The Balaban J connectivity index is 2.15. The van der Waals surface area contributed by atoms with Gasteiger partial charge >= 0.3 is 24.3 Å². The van der Waals surface area contributed by atoms with Gasteiger partial charge in [-0.15, -0.1) is 0 Å². The Morgan fingerprint density at radius 3 is 1.60 bits per heavy atom. The predicted octanol–water partition coefficient (Wildman–Crippen LogP) is 9.62. The maximum atomic E-state index is 14.3. The van der Waals surface area contributed by atoms with Crippen LogP contribution in [0.2, 0.25) is 0 Å². The van der Waals surface area contributed by atoms with Gasteiger partial charge in [-0.2, -0.15) is 26.3 Å². The third-order valence-electron chi connectivity index (χ3n) is 8.14. The minimum atomic E-state index is -5.16. The summed E-state index contributed by atoms with van der Waals surface area (Å²) in [5, 5.41) is 24.6. The zero-order valence-corrected chi connectivity index (χ0v) is 26.6. The fourth-order valence-corrected chi connectivity index (χ4v) is 4.86. The number of halogens is 6. The highest BCUT2D eigenvalue weighted by Crippen LogP contribution is 2.44. The van der Waals surface area contributed by atoms with Crippen molar-refractivity contribution in [2.45, 2.75) is 78.7 Å². The Bertz CT molecular complexity index is 1690. The molecule has 0 heterocycles. The molecule has 0 saturated heterocycles. The molecule has 13 heteroatoms. The Morgan fingerprint density at radius 1 is 0.660 bits per heavy atom. The van der Waals surface area contributed by atoms with Crippen LogP contribution in [0.5, 0.6) is 0 Å². The number of hydrogen-bond acceptors (Lipinski definition) is 4. The van der Waals surface area contributed by atoms with Crippen molar-refractivity contribution in [2.24, 2.45) is 5.41 Å². The maximum Gasteiger partial charge on any atom is 0.417 e. The average Bonchev–Trinajstić information content (AvgIpc) is 2.95. The number of carbonyl (C=O) groups excluding carboxylic acids is 1. The van der Waals surface area contributed by atoms with Crippen molar-refractivity contribution in [1.82, 2.24) is 0 Å². The lowest BCUT2D eigenvalue weighted by Crippen LogP contribution is -2.29. The van der Waals surface area contributed by atoms with E-state index in [4.69, 9.17) is 0 Å². The molecule has 3 aromatic carbocycles. The van der Waals surface area contributed by atoms with Crippen molar-refractivity contribution in [3.8, 4) is 11.1 Å². The first-order valence-electron chi connectivity index (χ1n) is 14.7. The molecule has 0 saturated carbocycles. The largest absolute Gasteiger partial charge is 0.478 e. The van der Waals surface area contributed by atoms with Crippen LogP contribution < -0.4 is 10.6 Å². The number of carbonyl (C=O) groups is 3. The summed E-state index contributed by atoms with van der Waals surface area (Å²) in [5.74, 6) is -4.23. The highest BCUT2D eigenvalue weighted by atomic mass is 19.4. The summed E-state index contributed by atoms with van der Waals surface area (Å²) in [6.07, 6.45) is -8.87. The average molecular weight is 667 g/mol. The van der Waals surface area contributed by atoms with Crippen LogP contribution in [-0.4, -0.2) is 33.6 Å². The van der Waals surface area contributed by atoms with Gasteiger partial charge in [0.1, 0.15) is 0 Å². The molecule has 0 aliphatic carbocycles. The molecule has 3 rings (SSSR count). The van der Waals surface area contributed by atoms with Crippen molar-refractivity contribution in [2.75, 3.05) is 10.6 Å². The molecule has 0 aliphatic heterocycles. The van der Waals surface area contributed by atoms with Crippen molar-refractivity contribution in [3.05, 3.63) is 81.9 Å². The van der Waals surface area contributed by atoms with Gasteiger partial charge in [-0.25, -0.2) is 9.59 Å². The molecule has 0 fully saturated rings. The van der Waals surface area contributed by atoms with Crippen LogP contribution in [0.1, 0.15) is 102 Å². The van der Waals surface area contributed by atoms with E-state index in [9.17, 15) is 50.9 Å². The first kappa shape index (κ1) is 36.9. The quantitative estimate of drug-likeness (QED) is 0.152. The molecule has 4 N–H and O–H groups in total.